The lowest BCUT2D eigenvalue weighted by Crippen LogP contribution is -2.20. The number of aliphatic hydroxyl groups excluding tert-OH is 2. The number of pyridine rings is 1. The van der Waals surface area contributed by atoms with Gasteiger partial charge in [0, 0.05) is 31.1 Å². The van der Waals surface area contributed by atoms with Gasteiger partial charge in [0.25, 0.3) is 0 Å². The molecule has 0 amide bonds. The Morgan fingerprint density at radius 3 is 2.81 bits per heavy atom. The van der Waals surface area contributed by atoms with E-state index in [1.165, 1.54) is 0 Å². The van der Waals surface area contributed by atoms with Gasteiger partial charge in [-0.25, -0.2) is 14.6 Å². The Morgan fingerprint density at radius 1 is 1.22 bits per heavy atom. The minimum Gasteiger partial charge on any atom is -0.396 e. The first-order valence-electron chi connectivity index (χ1n) is 10.6. The number of aliphatic hydroxyl groups is 2. The monoisotopic (exact) mass is 429 g/mol. The molecule has 1 saturated heterocycles. The fourth-order valence-corrected chi connectivity index (χ4v) is 4.20. The van der Waals surface area contributed by atoms with E-state index < -0.39 is 0 Å². The summed E-state index contributed by atoms with van der Waals surface area (Å²) in [5, 5.41) is 32.9. The van der Waals surface area contributed by atoms with E-state index in [0.717, 1.165) is 40.9 Å². The molecule has 0 saturated carbocycles. The Balaban J connectivity index is 1.57. The molecule has 1 aromatic carbocycles. The highest BCUT2D eigenvalue weighted by atomic mass is 16.3. The van der Waals surface area contributed by atoms with Gasteiger partial charge >= 0.3 is 0 Å². The van der Waals surface area contributed by atoms with Gasteiger partial charge in [-0.05, 0) is 55.7 Å². The first-order valence-corrected chi connectivity index (χ1v) is 10.6. The summed E-state index contributed by atoms with van der Waals surface area (Å²) in [6, 6.07) is 13.7. The number of imidazole rings is 1. The van der Waals surface area contributed by atoms with E-state index in [1.54, 1.807) is 17.1 Å². The third kappa shape index (κ3) is 3.49. The van der Waals surface area contributed by atoms with Crippen LogP contribution in [0.25, 0.3) is 22.7 Å². The average molecular weight is 429 g/mol. The zero-order valence-corrected chi connectivity index (χ0v) is 17.7. The number of anilines is 1. The highest BCUT2D eigenvalue weighted by molar-refractivity contribution is 5.81. The molecule has 0 bridgehead atoms. The topological polar surface area (TPSA) is 116 Å². The zero-order chi connectivity index (χ0) is 22.2. The third-order valence-corrected chi connectivity index (χ3v) is 5.83. The van der Waals surface area contributed by atoms with Crippen LogP contribution in [-0.2, 0) is 6.42 Å². The summed E-state index contributed by atoms with van der Waals surface area (Å²) in [6.07, 6.45) is 2.66. The van der Waals surface area contributed by atoms with Gasteiger partial charge in [-0.2, -0.15) is 10.4 Å². The van der Waals surface area contributed by atoms with Gasteiger partial charge in [0.1, 0.15) is 18.2 Å². The Labute approximate surface area is 184 Å². The van der Waals surface area contributed by atoms with Crippen molar-refractivity contribution in [3.8, 4) is 17.7 Å². The number of rotatable bonds is 5. The van der Waals surface area contributed by atoms with E-state index in [9.17, 15) is 15.5 Å². The molecule has 1 fully saturated rings. The van der Waals surface area contributed by atoms with E-state index in [1.807, 2.05) is 41.8 Å². The van der Waals surface area contributed by atoms with E-state index in [4.69, 9.17) is 4.98 Å². The molecular formula is C23H23N7O2. The summed E-state index contributed by atoms with van der Waals surface area (Å²) in [5.74, 6) is 1.25. The van der Waals surface area contributed by atoms with Gasteiger partial charge in [0.05, 0.1) is 17.1 Å². The van der Waals surface area contributed by atoms with E-state index in [-0.39, 0.29) is 12.7 Å². The lowest BCUT2D eigenvalue weighted by atomic mass is 10.2. The number of aryl methyl sites for hydroxylation is 1. The summed E-state index contributed by atoms with van der Waals surface area (Å²) < 4.78 is 3.55. The fourth-order valence-electron chi connectivity index (χ4n) is 4.20. The van der Waals surface area contributed by atoms with Crippen LogP contribution in [0, 0.1) is 18.3 Å². The summed E-state index contributed by atoms with van der Waals surface area (Å²) >= 11 is 0. The second-order valence-electron chi connectivity index (χ2n) is 8.00. The summed E-state index contributed by atoms with van der Waals surface area (Å²) in [7, 11) is 0. The number of hydrogen-bond donors (Lipinski definition) is 2. The van der Waals surface area contributed by atoms with Gasteiger partial charge in [-0.15, -0.1) is 0 Å². The van der Waals surface area contributed by atoms with Crippen molar-refractivity contribution in [1.82, 2.24) is 24.3 Å². The third-order valence-electron chi connectivity index (χ3n) is 5.83. The highest BCUT2D eigenvalue weighted by Gasteiger charge is 2.21. The minimum atomic E-state index is -0.282. The molecule has 4 aromatic rings. The molecule has 1 atom stereocenters. The van der Waals surface area contributed by atoms with Crippen LogP contribution in [0.15, 0.2) is 42.7 Å². The molecule has 1 aliphatic heterocycles. The van der Waals surface area contributed by atoms with Crippen molar-refractivity contribution in [2.45, 2.75) is 25.9 Å². The number of aromatic nitrogens is 5. The van der Waals surface area contributed by atoms with Crippen molar-refractivity contribution in [1.29, 1.82) is 5.26 Å². The van der Waals surface area contributed by atoms with Crippen LogP contribution < -0.4 is 4.90 Å². The highest BCUT2D eigenvalue weighted by Crippen LogP contribution is 2.27. The smallest absolute Gasteiger partial charge is 0.163 e. The summed E-state index contributed by atoms with van der Waals surface area (Å²) in [5.41, 5.74) is 4.75. The average Bonchev–Trinajstić information content (AvgIpc) is 3.52. The molecule has 0 spiro atoms. The molecule has 9 heteroatoms. The van der Waals surface area contributed by atoms with Crippen LogP contribution >= 0.6 is 0 Å². The van der Waals surface area contributed by atoms with Crippen molar-refractivity contribution in [2.75, 3.05) is 24.6 Å². The van der Waals surface area contributed by atoms with Crippen molar-refractivity contribution < 1.29 is 10.2 Å². The maximum Gasteiger partial charge on any atom is 0.163 e. The largest absolute Gasteiger partial charge is 0.396 e. The van der Waals surface area contributed by atoms with Crippen LogP contribution in [0.5, 0.6) is 0 Å². The van der Waals surface area contributed by atoms with Gasteiger partial charge < -0.3 is 15.1 Å². The molecule has 0 radical (unpaired) electrons. The first kappa shape index (κ1) is 20.2. The molecule has 5 rings (SSSR count). The molecule has 2 N–H and O–H groups in total. The molecular weight excluding hydrogens is 406 g/mol. The number of nitrogens with zero attached hydrogens (tertiary/aromatic N) is 7. The zero-order valence-electron chi connectivity index (χ0n) is 17.7. The Morgan fingerprint density at radius 2 is 2.09 bits per heavy atom. The molecule has 4 heterocycles. The molecule has 162 valence electrons. The van der Waals surface area contributed by atoms with Crippen LogP contribution in [0.1, 0.15) is 23.4 Å². The number of hydrogen-bond acceptors (Lipinski definition) is 7. The fraction of sp³-hybridized carbons (Fsp3) is 0.304. The van der Waals surface area contributed by atoms with Crippen molar-refractivity contribution in [2.24, 2.45) is 0 Å². The van der Waals surface area contributed by atoms with Crippen molar-refractivity contribution in [3.05, 3.63) is 59.7 Å². The Kier molecular flexibility index (Phi) is 5.09. The number of fused-ring (bicyclic) bond motifs is 1. The molecule has 9 nitrogen and oxygen atoms in total. The van der Waals surface area contributed by atoms with Gasteiger partial charge in [0.15, 0.2) is 11.5 Å². The number of benzene rings is 1. The van der Waals surface area contributed by atoms with Crippen molar-refractivity contribution >= 4 is 16.7 Å². The SMILES string of the molecule is Cc1cc(C#N)nn1-c1nc(-n2cnc3cc(N4CC[C@@H](O)C4)ccc32)ccc1CCO. The normalized spacial score (nSPS) is 16.1. The molecule has 0 unspecified atom stereocenters. The minimum absolute atomic E-state index is 0.0125. The second kappa shape index (κ2) is 8.07. The molecule has 0 aliphatic carbocycles. The maximum absolute atomic E-state index is 9.83. The molecule has 1 aliphatic rings. The Bertz CT molecular complexity index is 1330. The maximum atomic E-state index is 9.83. The lowest BCUT2D eigenvalue weighted by Gasteiger charge is -2.17. The summed E-state index contributed by atoms with van der Waals surface area (Å²) in [6.45, 7) is 3.33. The van der Waals surface area contributed by atoms with Crippen LogP contribution in [0.3, 0.4) is 0 Å². The molecule has 3 aromatic heterocycles. The van der Waals surface area contributed by atoms with E-state index >= 15 is 0 Å². The van der Waals surface area contributed by atoms with Gasteiger partial charge in [-0.3, -0.25) is 4.57 Å². The standard InChI is InChI=1S/C23H23N7O2/c1-15-10-17(12-24)27-30(15)23-16(7-9-31)2-5-22(26-23)29-14-25-20-11-18(3-4-21(20)29)28-8-6-19(32)13-28/h2-5,10-11,14,19,31-32H,6-9,13H2,1H3/t19-/m1/s1. The quantitative estimate of drug-likeness (QED) is 0.498. The number of nitriles is 1. The van der Waals surface area contributed by atoms with Crippen LogP contribution in [0.2, 0.25) is 0 Å². The predicted molar refractivity (Wildman–Crippen MR) is 119 cm³/mol. The summed E-state index contributed by atoms with van der Waals surface area (Å²) in [4.78, 5) is 11.6. The van der Waals surface area contributed by atoms with Crippen molar-refractivity contribution in [3.63, 3.8) is 0 Å². The van der Waals surface area contributed by atoms with Crippen LogP contribution in [-0.4, -0.2) is 60.3 Å². The van der Waals surface area contributed by atoms with Crippen LogP contribution in [0.4, 0.5) is 5.69 Å². The van der Waals surface area contributed by atoms with Gasteiger partial charge in [0.2, 0.25) is 0 Å². The van der Waals surface area contributed by atoms with E-state index in [2.05, 4.69) is 21.1 Å². The van der Waals surface area contributed by atoms with E-state index in [0.29, 0.717) is 30.3 Å². The number of β-amino-alcohol motifs (C(OH)–C–C–N with tert-alkyl or cyclic N) is 1. The first-order chi connectivity index (χ1) is 15.6. The predicted octanol–water partition coefficient (Wildman–Crippen LogP) is 1.89. The molecule has 32 heavy (non-hydrogen) atoms. The Hall–Kier alpha value is -3.74. The second-order valence-corrected chi connectivity index (χ2v) is 8.00. The van der Waals surface area contributed by atoms with Gasteiger partial charge in [-0.1, -0.05) is 6.07 Å². The lowest BCUT2D eigenvalue weighted by molar-refractivity contribution is 0.198.